The molecule has 0 saturated heterocycles. The summed E-state index contributed by atoms with van der Waals surface area (Å²) in [5.41, 5.74) is 0. The second-order valence-electron chi connectivity index (χ2n) is 6.18. The summed E-state index contributed by atoms with van der Waals surface area (Å²) in [6.45, 7) is 4.55. The number of alkyl halides is 1. The van der Waals surface area contributed by atoms with Crippen molar-refractivity contribution in [3.8, 4) is 0 Å². The summed E-state index contributed by atoms with van der Waals surface area (Å²) in [6.07, 6.45) is 13.2. The third-order valence-electron chi connectivity index (χ3n) is 4.11. The van der Waals surface area contributed by atoms with Crippen LogP contribution in [0.2, 0.25) is 4.82 Å². The molecule has 0 aliphatic rings. The predicted octanol–water partition coefficient (Wildman–Crippen LogP) is 6.35. The zero-order chi connectivity index (χ0) is 16.0. The average molecular weight is 388 g/mol. The van der Waals surface area contributed by atoms with Crippen molar-refractivity contribution in [3.05, 3.63) is 30.3 Å². The third kappa shape index (κ3) is 9.23. The van der Waals surface area contributed by atoms with E-state index >= 15 is 0 Å². The van der Waals surface area contributed by atoms with Crippen molar-refractivity contribution in [3.63, 3.8) is 0 Å². The van der Waals surface area contributed by atoms with Crippen molar-refractivity contribution in [2.45, 2.75) is 88.2 Å². The average Bonchev–Trinajstić information content (AvgIpc) is 2.55. The SMILES string of the molecule is CCCCCCC(Cl)C(CCCCCC)[Se]c1ccccc1. The van der Waals surface area contributed by atoms with E-state index in [9.17, 15) is 0 Å². The molecule has 0 aliphatic carbocycles. The van der Waals surface area contributed by atoms with E-state index in [4.69, 9.17) is 11.6 Å². The monoisotopic (exact) mass is 388 g/mol. The number of unbranched alkanes of at least 4 members (excludes halogenated alkanes) is 6. The Morgan fingerprint density at radius 2 is 1.41 bits per heavy atom. The van der Waals surface area contributed by atoms with Crippen molar-refractivity contribution < 1.29 is 0 Å². The van der Waals surface area contributed by atoms with Gasteiger partial charge in [-0.15, -0.1) is 0 Å². The Morgan fingerprint density at radius 1 is 0.818 bits per heavy atom. The van der Waals surface area contributed by atoms with Crippen LogP contribution in [0.1, 0.15) is 78.1 Å². The Hall–Kier alpha value is 0.0295. The van der Waals surface area contributed by atoms with Gasteiger partial charge >= 0.3 is 150 Å². The number of benzene rings is 1. The van der Waals surface area contributed by atoms with Crippen LogP contribution in [0.3, 0.4) is 0 Å². The van der Waals surface area contributed by atoms with Crippen molar-refractivity contribution in [2.24, 2.45) is 0 Å². The minimum absolute atomic E-state index is 0.374. The molecule has 2 atom stereocenters. The maximum absolute atomic E-state index is 6.80. The Labute approximate surface area is 149 Å². The number of rotatable bonds is 13. The number of hydrogen-bond acceptors (Lipinski definition) is 0. The van der Waals surface area contributed by atoms with Gasteiger partial charge in [0.2, 0.25) is 0 Å². The standard InChI is InChI=1S/C20H33ClSe/c1-3-5-7-12-16-19(21)20(17-13-8-6-4-2)22-18-14-10-9-11-15-18/h9-11,14-15,19-20H,3-8,12-13,16-17H2,1-2H3. The Balaban J connectivity index is 2.45. The van der Waals surface area contributed by atoms with E-state index < -0.39 is 0 Å². The van der Waals surface area contributed by atoms with Crippen molar-refractivity contribution >= 4 is 31.0 Å². The molecule has 1 rings (SSSR count). The molecule has 0 fully saturated rings. The summed E-state index contributed by atoms with van der Waals surface area (Å²) in [7, 11) is 0. The van der Waals surface area contributed by atoms with E-state index in [1.54, 1.807) is 0 Å². The van der Waals surface area contributed by atoms with Gasteiger partial charge in [0, 0.05) is 0 Å². The quantitative estimate of drug-likeness (QED) is 0.210. The molecule has 1 aromatic rings. The van der Waals surface area contributed by atoms with Gasteiger partial charge in [-0.1, -0.05) is 0 Å². The van der Waals surface area contributed by atoms with E-state index in [2.05, 4.69) is 44.2 Å². The van der Waals surface area contributed by atoms with Gasteiger partial charge in [-0.25, -0.2) is 0 Å². The molecule has 0 bridgehead atoms. The molecule has 22 heavy (non-hydrogen) atoms. The second-order valence-corrected chi connectivity index (χ2v) is 9.50. The van der Waals surface area contributed by atoms with Crippen molar-refractivity contribution in [1.82, 2.24) is 0 Å². The molecule has 2 unspecified atom stereocenters. The molecule has 126 valence electrons. The Morgan fingerprint density at radius 3 is 2.00 bits per heavy atom. The molecule has 0 saturated carbocycles. The first-order valence-electron chi connectivity index (χ1n) is 9.13. The zero-order valence-corrected chi connectivity index (χ0v) is 16.9. The van der Waals surface area contributed by atoms with Crippen molar-refractivity contribution in [2.75, 3.05) is 0 Å². The molecule has 0 spiro atoms. The van der Waals surface area contributed by atoms with Crippen LogP contribution in [0.25, 0.3) is 0 Å². The van der Waals surface area contributed by atoms with Gasteiger partial charge in [-0.3, -0.25) is 0 Å². The summed E-state index contributed by atoms with van der Waals surface area (Å²) in [5, 5.41) is 0.374. The Bertz CT molecular complexity index is 352. The van der Waals surface area contributed by atoms with Crippen LogP contribution in [-0.2, 0) is 0 Å². The molecule has 0 heterocycles. The van der Waals surface area contributed by atoms with Gasteiger partial charge in [-0.05, 0) is 0 Å². The first kappa shape index (κ1) is 20.1. The van der Waals surface area contributed by atoms with Gasteiger partial charge in [0.25, 0.3) is 0 Å². The number of halogens is 1. The summed E-state index contributed by atoms with van der Waals surface area (Å²) in [5.74, 6) is 0. The fourth-order valence-electron chi connectivity index (χ4n) is 2.71. The van der Waals surface area contributed by atoms with E-state index in [-0.39, 0.29) is 0 Å². The molecule has 0 radical (unpaired) electrons. The normalized spacial score (nSPS) is 14.0. The van der Waals surface area contributed by atoms with Gasteiger partial charge in [0.1, 0.15) is 0 Å². The molecular formula is C20H33ClSe. The first-order chi connectivity index (χ1) is 10.8. The summed E-state index contributed by atoms with van der Waals surface area (Å²) < 4.78 is 1.51. The summed E-state index contributed by atoms with van der Waals surface area (Å²) >= 11 is 7.32. The molecule has 2 heteroatoms. The van der Waals surface area contributed by atoms with Gasteiger partial charge in [0.05, 0.1) is 0 Å². The maximum atomic E-state index is 6.80. The van der Waals surface area contributed by atoms with Crippen LogP contribution in [0.4, 0.5) is 0 Å². The second kappa shape index (κ2) is 13.5. The van der Waals surface area contributed by atoms with Crippen LogP contribution in [0.5, 0.6) is 0 Å². The molecule has 1 aromatic carbocycles. The summed E-state index contributed by atoms with van der Waals surface area (Å²) in [6, 6.07) is 11.0. The van der Waals surface area contributed by atoms with Crippen molar-refractivity contribution in [1.29, 1.82) is 0 Å². The van der Waals surface area contributed by atoms with Gasteiger partial charge in [-0.2, -0.15) is 0 Å². The molecule has 0 aromatic heterocycles. The minimum atomic E-state index is 0.374. The fraction of sp³-hybridized carbons (Fsp3) is 0.700. The van der Waals surface area contributed by atoms with Crippen LogP contribution in [-0.4, -0.2) is 20.3 Å². The molecule has 0 nitrogen and oxygen atoms in total. The van der Waals surface area contributed by atoms with Crippen LogP contribution >= 0.6 is 11.6 Å². The molecule has 0 N–H and O–H groups in total. The van der Waals surface area contributed by atoms with E-state index in [1.807, 2.05) is 0 Å². The third-order valence-corrected chi connectivity index (χ3v) is 7.93. The topological polar surface area (TPSA) is 0 Å². The Kier molecular flexibility index (Phi) is 12.3. The number of hydrogen-bond donors (Lipinski definition) is 0. The molecular weight excluding hydrogens is 355 g/mol. The predicted molar refractivity (Wildman–Crippen MR) is 103 cm³/mol. The van der Waals surface area contributed by atoms with E-state index in [1.165, 1.54) is 68.7 Å². The van der Waals surface area contributed by atoms with Crippen LogP contribution in [0, 0.1) is 0 Å². The van der Waals surface area contributed by atoms with E-state index in [0.717, 1.165) is 0 Å². The zero-order valence-electron chi connectivity index (χ0n) is 14.4. The van der Waals surface area contributed by atoms with Crippen LogP contribution in [0.15, 0.2) is 30.3 Å². The van der Waals surface area contributed by atoms with Crippen LogP contribution < -0.4 is 4.46 Å². The molecule has 0 aliphatic heterocycles. The fourth-order valence-corrected chi connectivity index (χ4v) is 5.84. The van der Waals surface area contributed by atoms with Gasteiger partial charge in [0.15, 0.2) is 0 Å². The summed E-state index contributed by atoms with van der Waals surface area (Å²) in [4.78, 5) is 0.704. The van der Waals surface area contributed by atoms with Gasteiger partial charge < -0.3 is 0 Å². The first-order valence-corrected chi connectivity index (χ1v) is 11.4. The van der Waals surface area contributed by atoms with E-state index in [0.29, 0.717) is 25.2 Å². The molecule has 0 amide bonds.